The van der Waals surface area contributed by atoms with Crippen molar-refractivity contribution in [2.24, 2.45) is 46.3 Å². The van der Waals surface area contributed by atoms with Gasteiger partial charge in [-0.1, -0.05) is 72.5 Å². The summed E-state index contributed by atoms with van der Waals surface area (Å²) in [5, 5.41) is 0.891. The number of carbonyl (C=O) groups excluding carboxylic acids is 1. The third kappa shape index (κ3) is 6.26. The van der Waals surface area contributed by atoms with E-state index in [0.29, 0.717) is 16.7 Å². The quantitative estimate of drug-likeness (QED) is 0.151. The van der Waals surface area contributed by atoms with E-state index in [0.717, 1.165) is 72.1 Å². The molecule has 4 aliphatic rings. The SMILES string of the molecule is CCc1cc(=O)oc2cc(OCC(=O)O[C@H]3CC[C@@]4(C)C(=CC[C@@H]5[C@H]4CC[C@]4(C)[C@@H]([C@H](C)CCCC(C)C)CC[C@@H]54)C3)ccc12. The van der Waals surface area contributed by atoms with Gasteiger partial charge in [0.05, 0.1) is 0 Å². The zero-order chi connectivity index (χ0) is 31.9. The number of esters is 1. The summed E-state index contributed by atoms with van der Waals surface area (Å²) in [7, 11) is 0. The molecule has 45 heavy (non-hydrogen) atoms. The molecular formula is C40H56O5. The predicted molar refractivity (Wildman–Crippen MR) is 180 cm³/mol. The van der Waals surface area contributed by atoms with Gasteiger partial charge in [-0.15, -0.1) is 0 Å². The van der Waals surface area contributed by atoms with Crippen molar-refractivity contribution in [2.45, 2.75) is 125 Å². The van der Waals surface area contributed by atoms with Crippen molar-refractivity contribution < 1.29 is 18.7 Å². The van der Waals surface area contributed by atoms with Gasteiger partial charge >= 0.3 is 11.6 Å². The van der Waals surface area contributed by atoms with Gasteiger partial charge in [-0.3, -0.25) is 0 Å². The summed E-state index contributed by atoms with van der Waals surface area (Å²) in [6.45, 7) is 14.3. The molecule has 0 N–H and O–H groups in total. The van der Waals surface area contributed by atoms with Gasteiger partial charge in [-0.2, -0.15) is 0 Å². The highest BCUT2D eigenvalue weighted by Gasteiger charge is 2.59. The highest BCUT2D eigenvalue weighted by Crippen LogP contribution is 2.67. The highest BCUT2D eigenvalue weighted by molar-refractivity contribution is 5.81. The molecule has 0 amide bonds. The molecule has 0 radical (unpaired) electrons. The molecule has 6 rings (SSSR count). The van der Waals surface area contributed by atoms with E-state index in [1.807, 2.05) is 19.1 Å². The molecule has 5 heteroatoms. The molecule has 0 saturated heterocycles. The first-order chi connectivity index (χ1) is 21.5. The van der Waals surface area contributed by atoms with Crippen LogP contribution in [0, 0.1) is 46.3 Å². The summed E-state index contributed by atoms with van der Waals surface area (Å²) in [5.74, 6) is 5.11. The maximum atomic E-state index is 12.9. The zero-order valence-corrected chi connectivity index (χ0v) is 28.7. The summed E-state index contributed by atoms with van der Waals surface area (Å²) in [6.07, 6.45) is 17.0. The first-order valence-corrected chi connectivity index (χ1v) is 18.1. The average Bonchev–Trinajstić information content (AvgIpc) is 3.36. The Kier molecular flexibility index (Phi) is 9.29. The number of carbonyl (C=O) groups is 1. The van der Waals surface area contributed by atoms with Crippen LogP contribution in [0.3, 0.4) is 0 Å². The van der Waals surface area contributed by atoms with Gasteiger partial charge in [0.15, 0.2) is 6.61 Å². The van der Waals surface area contributed by atoms with Crippen LogP contribution in [0.15, 0.2) is 45.1 Å². The summed E-state index contributed by atoms with van der Waals surface area (Å²) in [6, 6.07) is 6.92. The van der Waals surface area contributed by atoms with Crippen LogP contribution in [-0.4, -0.2) is 18.7 Å². The van der Waals surface area contributed by atoms with E-state index in [2.05, 4.69) is 40.7 Å². The number of aryl methyl sites for hydroxylation is 1. The van der Waals surface area contributed by atoms with Crippen LogP contribution in [-0.2, 0) is 16.0 Å². The highest BCUT2D eigenvalue weighted by atomic mass is 16.6. The third-order valence-electron chi connectivity index (χ3n) is 13.1. The molecule has 0 aliphatic heterocycles. The molecule has 1 aromatic heterocycles. The maximum absolute atomic E-state index is 12.9. The molecule has 0 bridgehead atoms. The number of hydrogen-bond donors (Lipinski definition) is 0. The lowest BCUT2D eigenvalue weighted by atomic mass is 9.47. The second-order valence-corrected chi connectivity index (χ2v) is 16.0. The van der Waals surface area contributed by atoms with Crippen LogP contribution in [0.2, 0.25) is 0 Å². The Morgan fingerprint density at radius 3 is 2.62 bits per heavy atom. The van der Waals surface area contributed by atoms with E-state index < -0.39 is 0 Å². The van der Waals surface area contributed by atoms with Crippen molar-refractivity contribution in [3.05, 3.63) is 51.9 Å². The molecule has 3 fully saturated rings. The Labute approximate surface area is 270 Å². The molecule has 1 heterocycles. The van der Waals surface area contributed by atoms with E-state index in [1.165, 1.54) is 63.0 Å². The smallest absolute Gasteiger partial charge is 0.344 e. The van der Waals surface area contributed by atoms with Crippen LogP contribution >= 0.6 is 0 Å². The van der Waals surface area contributed by atoms with Gasteiger partial charge in [0.2, 0.25) is 0 Å². The second kappa shape index (κ2) is 12.9. The van der Waals surface area contributed by atoms with Crippen molar-refractivity contribution in [1.82, 2.24) is 0 Å². The summed E-state index contributed by atoms with van der Waals surface area (Å²) in [5.41, 5.74) is 3.31. The van der Waals surface area contributed by atoms with E-state index in [9.17, 15) is 9.59 Å². The van der Waals surface area contributed by atoms with E-state index in [1.54, 1.807) is 6.07 Å². The Hall–Kier alpha value is -2.56. The van der Waals surface area contributed by atoms with Crippen LogP contribution in [0.25, 0.3) is 11.0 Å². The Balaban J connectivity index is 1.05. The molecule has 2 aromatic rings. The lowest BCUT2D eigenvalue weighted by Gasteiger charge is -2.58. The van der Waals surface area contributed by atoms with Gasteiger partial charge in [0.1, 0.15) is 17.4 Å². The number of ether oxygens (including phenoxy) is 2. The van der Waals surface area contributed by atoms with Gasteiger partial charge in [0.25, 0.3) is 0 Å². The fourth-order valence-corrected chi connectivity index (χ4v) is 10.7. The van der Waals surface area contributed by atoms with Crippen molar-refractivity contribution in [1.29, 1.82) is 0 Å². The number of fused-ring (bicyclic) bond motifs is 6. The first-order valence-electron chi connectivity index (χ1n) is 18.1. The van der Waals surface area contributed by atoms with Crippen LogP contribution in [0.5, 0.6) is 5.75 Å². The van der Waals surface area contributed by atoms with Gasteiger partial charge in [-0.25, -0.2) is 9.59 Å². The van der Waals surface area contributed by atoms with Crippen molar-refractivity contribution in [3.63, 3.8) is 0 Å². The van der Waals surface area contributed by atoms with Gasteiger partial charge in [-0.05, 0) is 115 Å². The number of rotatable bonds is 10. The molecule has 3 saturated carbocycles. The minimum Gasteiger partial charge on any atom is -0.482 e. The monoisotopic (exact) mass is 616 g/mol. The lowest BCUT2D eigenvalue weighted by Crippen LogP contribution is -2.51. The second-order valence-electron chi connectivity index (χ2n) is 16.0. The molecule has 8 atom stereocenters. The van der Waals surface area contributed by atoms with Crippen LogP contribution in [0.4, 0.5) is 0 Å². The molecule has 246 valence electrons. The minimum absolute atomic E-state index is 0.0879. The normalized spacial score (nSPS) is 33.2. The van der Waals surface area contributed by atoms with Crippen LogP contribution in [0.1, 0.15) is 118 Å². The Morgan fingerprint density at radius 1 is 1.02 bits per heavy atom. The Bertz CT molecular complexity index is 1470. The summed E-state index contributed by atoms with van der Waals surface area (Å²) < 4.78 is 17.1. The summed E-state index contributed by atoms with van der Waals surface area (Å²) in [4.78, 5) is 24.8. The molecule has 1 aromatic carbocycles. The lowest BCUT2D eigenvalue weighted by molar-refractivity contribution is -0.153. The molecule has 0 spiro atoms. The minimum atomic E-state index is -0.375. The number of allylic oxidation sites excluding steroid dienone is 1. The third-order valence-corrected chi connectivity index (χ3v) is 13.1. The molecular weight excluding hydrogens is 560 g/mol. The number of benzene rings is 1. The fourth-order valence-electron chi connectivity index (χ4n) is 10.7. The Morgan fingerprint density at radius 2 is 1.84 bits per heavy atom. The summed E-state index contributed by atoms with van der Waals surface area (Å²) >= 11 is 0. The van der Waals surface area contributed by atoms with Crippen molar-refractivity contribution in [3.8, 4) is 5.75 Å². The molecule has 4 aliphatic carbocycles. The molecule has 5 nitrogen and oxygen atoms in total. The van der Waals surface area contributed by atoms with E-state index in [4.69, 9.17) is 13.9 Å². The standard InChI is InChI=1S/C40H56O5/c1-7-27-21-37(41)45-36-23-29(12-14-31(27)36)43-24-38(42)44-30-17-19-39(5)28(22-30)11-13-32-34-16-15-33(26(4)10-8-9-25(2)3)40(34,6)20-18-35(32)39/h11-12,14,21,23,25-26,30,32-35H,7-10,13,15-20,22,24H2,1-6H3/t26-,30+,32+,33-,34+,35-,39+,40-/m1/s1. The fraction of sp³-hybridized carbons (Fsp3) is 0.700. The van der Waals surface area contributed by atoms with Crippen molar-refractivity contribution >= 4 is 16.9 Å². The van der Waals surface area contributed by atoms with E-state index >= 15 is 0 Å². The molecule has 0 unspecified atom stereocenters. The first kappa shape index (κ1) is 32.4. The van der Waals surface area contributed by atoms with Gasteiger partial charge < -0.3 is 13.9 Å². The zero-order valence-electron chi connectivity index (χ0n) is 28.7. The predicted octanol–water partition coefficient (Wildman–Crippen LogP) is 9.69. The largest absolute Gasteiger partial charge is 0.482 e. The average molecular weight is 617 g/mol. The van der Waals surface area contributed by atoms with E-state index in [-0.39, 0.29) is 29.7 Å². The topological polar surface area (TPSA) is 65.7 Å². The van der Waals surface area contributed by atoms with Crippen LogP contribution < -0.4 is 10.4 Å². The maximum Gasteiger partial charge on any atom is 0.344 e. The van der Waals surface area contributed by atoms with Crippen molar-refractivity contribution in [2.75, 3.05) is 6.61 Å². The number of hydrogen-bond acceptors (Lipinski definition) is 5. The van der Waals surface area contributed by atoms with Gasteiger partial charge in [0, 0.05) is 23.9 Å².